The summed E-state index contributed by atoms with van der Waals surface area (Å²) >= 11 is 0. The molecule has 0 fully saturated rings. The number of benzene rings is 2. The number of methoxy groups -OCH3 is 2. The molecular weight excluding hydrogens is 444 g/mol. The number of amides is 1. The number of nitrogens with two attached hydrogens (primary N) is 1. The maximum atomic E-state index is 14.2. The smallest absolute Gasteiger partial charge is 0.345 e. The third-order valence-electron chi connectivity index (χ3n) is 6.04. The number of carbonyl (C=O) groups excluding carboxylic acids is 3. The lowest BCUT2D eigenvalue weighted by Gasteiger charge is -2.35. The van der Waals surface area contributed by atoms with Crippen molar-refractivity contribution in [3.05, 3.63) is 81.5 Å². The van der Waals surface area contributed by atoms with Gasteiger partial charge in [0.1, 0.15) is 28.7 Å². The van der Waals surface area contributed by atoms with E-state index in [0.717, 1.165) is 12.0 Å². The van der Waals surface area contributed by atoms with Crippen LogP contribution < -0.4 is 21.0 Å². The van der Waals surface area contributed by atoms with Crippen LogP contribution in [0.2, 0.25) is 0 Å². The Bertz CT molecular complexity index is 1490. The highest BCUT2D eigenvalue weighted by Gasteiger charge is 2.63. The second-order valence-electron chi connectivity index (χ2n) is 7.66. The highest BCUT2D eigenvalue weighted by atomic mass is 16.5. The zero-order valence-electron chi connectivity index (χ0n) is 18.1. The van der Waals surface area contributed by atoms with Crippen molar-refractivity contribution in [1.82, 2.24) is 0 Å². The fourth-order valence-electron chi connectivity index (χ4n) is 4.66. The van der Waals surface area contributed by atoms with Crippen molar-refractivity contribution in [1.29, 1.82) is 0 Å². The van der Waals surface area contributed by atoms with Gasteiger partial charge in [0.25, 0.3) is 0 Å². The lowest BCUT2D eigenvalue weighted by Crippen LogP contribution is -2.51. The van der Waals surface area contributed by atoms with Gasteiger partial charge in [-0.15, -0.1) is 0 Å². The minimum Gasteiger partial charge on any atom is -0.468 e. The van der Waals surface area contributed by atoms with Gasteiger partial charge in [0, 0.05) is 11.3 Å². The van der Waals surface area contributed by atoms with E-state index in [4.69, 9.17) is 24.4 Å². The number of carbonyl (C=O) groups is 3. The summed E-state index contributed by atoms with van der Waals surface area (Å²) in [4.78, 5) is 54.0. The van der Waals surface area contributed by atoms with Gasteiger partial charge >= 0.3 is 17.6 Å². The molecule has 0 saturated heterocycles. The number of fused-ring (bicyclic) bond motifs is 6. The number of para-hydroxylation sites is 2. The van der Waals surface area contributed by atoms with Gasteiger partial charge in [-0.3, -0.25) is 14.5 Å². The molecule has 3 aromatic rings. The Hall–Kier alpha value is -4.60. The predicted molar refractivity (Wildman–Crippen MR) is 118 cm³/mol. The Labute approximate surface area is 192 Å². The van der Waals surface area contributed by atoms with Crippen LogP contribution in [0.25, 0.3) is 11.0 Å². The van der Waals surface area contributed by atoms with Gasteiger partial charge in [-0.25, -0.2) is 9.59 Å². The van der Waals surface area contributed by atoms with E-state index in [2.05, 4.69) is 0 Å². The Balaban J connectivity index is 1.95. The quantitative estimate of drug-likeness (QED) is 0.451. The van der Waals surface area contributed by atoms with Crippen LogP contribution >= 0.6 is 0 Å². The Morgan fingerprint density at radius 3 is 2.47 bits per heavy atom. The molecule has 2 aliphatic rings. The molecule has 10 nitrogen and oxygen atoms in total. The highest BCUT2D eigenvalue weighted by molar-refractivity contribution is 6.20. The van der Waals surface area contributed by atoms with Crippen molar-refractivity contribution in [3.8, 4) is 5.75 Å². The zero-order valence-corrected chi connectivity index (χ0v) is 18.1. The first-order valence-electron chi connectivity index (χ1n) is 10.2. The largest absolute Gasteiger partial charge is 0.468 e. The summed E-state index contributed by atoms with van der Waals surface area (Å²) in [6.07, 6.45) is 0. The van der Waals surface area contributed by atoms with Gasteiger partial charge in [-0.2, -0.15) is 0 Å². The van der Waals surface area contributed by atoms with E-state index in [1.807, 2.05) is 0 Å². The molecule has 0 saturated carbocycles. The summed E-state index contributed by atoms with van der Waals surface area (Å²) in [5.41, 5.74) is 3.40. The van der Waals surface area contributed by atoms with Crippen molar-refractivity contribution in [3.63, 3.8) is 0 Å². The number of anilines is 1. The Morgan fingerprint density at radius 2 is 1.74 bits per heavy atom. The minimum atomic E-state index is -2.07. The number of hydrogen-bond acceptors (Lipinski definition) is 9. The SMILES string of the molecule is COC(=O)CN1C(=O)C2(C(C(=O)OC)=C(N)Oc3c2c(=O)oc2ccccc32)c2ccccc21. The summed E-state index contributed by atoms with van der Waals surface area (Å²) in [6.45, 7) is -0.461. The molecule has 0 radical (unpaired) electrons. The van der Waals surface area contributed by atoms with Crippen LogP contribution in [0.5, 0.6) is 5.75 Å². The fraction of sp³-hybridized carbons (Fsp3) is 0.167. The lowest BCUT2D eigenvalue weighted by molar-refractivity contribution is -0.140. The molecule has 3 heterocycles. The van der Waals surface area contributed by atoms with Crippen LogP contribution in [0.15, 0.2) is 69.2 Å². The molecule has 0 bridgehead atoms. The monoisotopic (exact) mass is 462 g/mol. The van der Waals surface area contributed by atoms with E-state index in [1.54, 1.807) is 48.5 Å². The molecule has 2 N–H and O–H groups in total. The summed E-state index contributed by atoms with van der Waals surface area (Å²) in [7, 11) is 2.30. The lowest BCUT2D eigenvalue weighted by atomic mass is 9.68. The fourth-order valence-corrected chi connectivity index (χ4v) is 4.66. The zero-order chi connectivity index (χ0) is 24.2. The normalized spacial score (nSPS) is 18.5. The second kappa shape index (κ2) is 7.48. The predicted octanol–water partition coefficient (Wildman–Crippen LogP) is 1.33. The van der Waals surface area contributed by atoms with E-state index >= 15 is 0 Å². The van der Waals surface area contributed by atoms with Gasteiger partial charge in [0.2, 0.25) is 11.8 Å². The number of rotatable bonds is 3. The Kier molecular flexibility index (Phi) is 4.67. The molecule has 5 rings (SSSR count). The molecule has 1 amide bonds. The molecule has 10 heteroatoms. The van der Waals surface area contributed by atoms with Crippen molar-refractivity contribution in [2.24, 2.45) is 5.73 Å². The topological polar surface area (TPSA) is 138 Å². The third kappa shape index (κ3) is 2.62. The van der Waals surface area contributed by atoms with Crippen LogP contribution in [0, 0.1) is 0 Å². The summed E-state index contributed by atoms with van der Waals surface area (Å²) in [5, 5.41) is 0.375. The standard InChI is InChI=1S/C24H18N2O8/c1-31-16(27)11-26-14-9-5-4-8-13(14)24(23(26)30)17-19(34-20(25)18(24)21(28)32-2)12-7-3-6-10-15(12)33-22(17)29/h3-10H,11,25H2,1-2H3. The van der Waals surface area contributed by atoms with E-state index in [0.29, 0.717) is 11.1 Å². The van der Waals surface area contributed by atoms with Gasteiger partial charge in [0.15, 0.2) is 5.75 Å². The van der Waals surface area contributed by atoms with Gasteiger partial charge in [-0.1, -0.05) is 30.3 Å². The van der Waals surface area contributed by atoms with E-state index < -0.39 is 41.3 Å². The molecule has 0 aliphatic carbocycles. The van der Waals surface area contributed by atoms with Crippen LogP contribution in [-0.4, -0.2) is 38.6 Å². The Morgan fingerprint density at radius 1 is 1.03 bits per heavy atom. The van der Waals surface area contributed by atoms with Crippen molar-refractivity contribution in [2.75, 3.05) is 25.7 Å². The van der Waals surface area contributed by atoms with Gasteiger partial charge in [-0.05, 0) is 18.2 Å². The van der Waals surface area contributed by atoms with Gasteiger partial charge in [0.05, 0.1) is 19.6 Å². The maximum absolute atomic E-state index is 14.2. The van der Waals surface area contributed by atoms with E-state index in [9.17, 15) is 19.2 Å². The number of nitrogens with zero attached hydrogens (tertiary/aromatic N) is 1. The van der Waals surface area contributed by atoms with Crippen LogP contribution in [-0.2, 0) is 29.3 Å². The average molecular weight is 462 g/mol. The molecule has 2 aromatic carbocycles. The van der Waals surface area contributed by atoms with Crippen molar-refractivity contribution >= 4 is 34.5 Å². The average Bonchev–Trinajstić information content (AvgIpc) is 3.07. The van der Waals surface area contributed by atoms with E-state index in [-0.39, 0.29) is 28.0 Å². The van der Waals surface area contributed by atoms with Crippen LogP contribution in [0.1, 0.15) is 11.1 Å². The summed E-state index contributed by atoms with van der Waals surface area (Å²) < 4.78 is 21.0. The first-order chi connectivity index (χ1) is 16.4. The summed E-state index contributed by atoms with van der Waals surface area (Å²) in [5.74, 6) is -2.86. The molecule has 2 aliphatic heterocycles. The number of hydrogen-bond donors (Lipinski definition) is 1. The van der Waals surface area contributed by atoms with Gasteiger partial charge < -0.3 is 24.4 Å². The van der Waals surface area contributed by atoms with Crippen molar-refractivity contribution in [2.45, 2.75) is 5.41 Å². The molecule has 1 atom stereocenters. The van der Waals surface area contributed by atoms with Crippen LogP contribution in [0.3, 0.4) is 0 Å². The molecule has 34 heavy (non-hydrogen) atoms. The van der Waals surface area contributed by atoms with Crippen LogP contribution in [0.4, 0.5) is 5.69 Å². The first-order valence-corrected chi connectivity index (χ1v) is 10.2. The van der Waals surface area contributed by atoms with E-state index in [1.165, 1.54) is 7.11 Å². The third-order valence-corrected chi connectivity index (χ3v) is 6.04. The van der Waals surface area contributed by atoms with Crippen molar-refractivity contribution < 1.29 is 33.0 Å². The number of ether oxygens (including phenoxy) is 3. The minimum absolute atomic E-state index is 0.0138. The second-order valence-corrected chi connectivity index (χ2v) is 7.66. The molecule has 1 aromatic heterocycles. The first kappa shape index (κ1) is 21.3. The molecule has 1 spiro atoms. The molecule has 172 valence electrons. The maximum Gasteiger partial charge on any atom is 0.345 e. The molecular formula is C24H18N2O8. The highest BCUT2D eigenvalue weighted by Crippen LogP contribution is 2.55. The summed E-state index contributed by atoms with van der Waals surface area (Å²) in [6, 6.07) is 13.0. The molecule has 1 unspecified atom stereocenters. The number of esters is 2.